The fourth-order valence-corrected chi connectivity index (χ4v) is 2.52. The molecule has 0 atom stereocenters. The first-order valence-corrected chi connectivity index (χ1v) is 7.65. The third kappa shape index (κ3) is 4.71. The predicted octanol–water partition coefficient (Wildman–Crippen LogP) is 0.591. The van der Waals surface area contributed by atoms with E-state index >= 15 is 0 Å². The molecule has 0 aliphatic rings. The van der Waals surface area contributed by atoms with Gasteiger partial charge in [0.25, 0.3) is 0 Å². The number of sulfonamides is 1. The van der Waals surface area contributed by atoms with Crippen LogP contribution in [0.15, 0.2) is 12.1 Å². The molecule has 0 heterocycles. The van der Waals surface area contributed by atoms with Crippen molar-refractivity contribution in [3.05, 3.63) is 12.1 Å². The van der Waals surface area contributed by atoms with E-state index in [4.69, 9.17) is 15.2 Å². The zero-order chi connectivity index (χ0) is 16.0. The lowest BCUT2D eigenvalue weighted by Gasteiger charge is -2.14. The molecule has 0 saturated carbocycles. The Kier molecular flexibility index (Phi) is 5.65. The number of methoxy groups -OCH3 is 2. The predicted molar refractivity (Wildman–Crippen MR) is 78.0 cm³/mol. The van der Waals surface area contributed by atoms with Gasteiger partial charge in [-0.2, -0.15) is 0 Å². The molecule has 0 aromatic heterocycles. The molecular formula is C12H18N2O6S. The first-order chi connectivity index (χ1) is 9.82. The van der Waals surface area contributed by atoms with Crippen molar-refractivity contribution in [3.63, 3.8) is 0 Å². The highest BCUT2D eigenvalue weighted by Crippen LogP contribution is 2.35. The number of hydrogen-bond donors (Lipinski definition) is 2. The standard InChI is InChI=1S/C12H18N2O6S/c1-4-20-12(15)7-21(16,17)14-9-6-11(19-3)10(18-2)5-8(9)13/h5-6,14H,4,7,13H2,1-3H3. The Labute approximate surface area is 123 Å². The fraction of sp³-hybridized carbons (Fsp3) is 0.417. The second kappa shape index (κ2) is 7.02. The van der Waals surface area contributed by atoms with Crippen molar-refractivity contribution in [2.24, 2.45) is 0 Å². The molecule has 3 N–H and O–H groups in total. The van der Waals surface area contributed by atoms with Gasteiger partial charge in [0, 0.05) is 12.1 Å². The van der Waals surface area contributed by atoms with E-state index in [2.05, 4.69) is 9.46 Å². The van der Waals surface area contributed by atoms with Crippen LogP contribution in [0.3, 0.4) is 0 Å². The molecule has 1 rings (SSSR count). The molecule has 21 heavy (non-hydrogen) atoms. The first kappa shape index (κ1) is 16.9. The van der Waals surface area contributed by atoms with Crippen LogP contribution in [-0.4, -0.2) is 41.0 Å². The van der Waals surface area contributed by atoms with E-state index in [-0.39, 0.29) is 18.0 Å². The minimum absolute atomic E-state index is 0.0944. The molecule has 118 valence electrons. The molecule has 1 aromatic carbocycles. The van der Waals surface area contributed by atoms with E-state index in [0.29, 0.717) is 11.5 Å². The Morgan fingerprint density at radius 3 is 2.33 bits per heavy atom. The van der Waals surface area contributed by atoms with Gasteiger partial charge in [-0.05, 0) is 6.92 Å². The number of nitrogens with two attached hydrogens (primary N) is 1. The van der Waals surface area contributed by atoms with Gasteiger partial charge in [-0.15, -0.1) is 0 Å². The third-order valence-electron chi connectivity index (χ3n) is 2.43. The van der Waals surface area contributed by atoms with E-state index in [0.717, 1.165) is 0 Å². The van der Waals surface area contributed by atoms with Gasteiger partial charge in [-0.1, -0.05) is 0 Å². The van der Waals surface area contributed by atoms with Crippen molar-refractivity contribution in [2.75, 3.05) is 37.0 Å². The molecule has 0 fully saturated rings. The molecule has 8 nitrogen and oxygen atoms in total. The first-order valence-electron chi connectivity index (χ1n) is 6.00. The molecule has 0 aliphatic heterocycles. The normalized spacial score (nSPS) is 10.8. The fourth-order valence-electron chi connectivity index (χ4n) is 1.54. The van der Waals surface area contributed by atoms with Gasteiger partial charge in [0.1, 0.15) is 0 Å². The number of nitrogens with one attached hydrogen (secondary N) is 1. The maximum Gasteiger partial charge on any atom is 0.323 e. The van der Waals surface area contributed by atoms with Crippen LogP contribution in [0, 0.1) is 0 Å². The average Bonchev–Trinajstić information content (AvgIpc) is 2.39. The van der Waals surface area contributed by atoms with Crippen LogP contribution in [0.1, 0.15) is 6.92 Å². The number of benzene rings is 1. The molecular weight excluding hydrogens is 300 g/mol. The van der Waals surface area contributed by atoms with Crippen molar-refractivity contribution in [1.29, 1.82) is 0 Å². The number of esters is 1. The van der Waals surface area contributed by atoms with Crippen molar-refractivity contribution in [1.82, 2.24) is 0 Å². The van der Waals surface area contributed by atoms with E-state index in [1.807, 2.05) is 0 Å². The molecule has 0 amide bonds. The summed E-state index contributed by atoms with van der Waals surface area (Å²) in [5, 5.41) is 0. The summed E-state index contributed by atoms with van der Waals surface area (Å²) in [7, 11) is -1.08. The summed E-state index contributed by atoms with van der Waals surface area (Å²) in [6, 6.07) is 2.79. The minimum atomic E-state index is -3.92. The van der Waals surface area contributed by atoms with Crippen LogP contribution in [-0.2, 0) is 19.6 Å². The maximum atomic E-state index is 11.9. The van der Waals surface area contributed by atoms with E-state index in [1.165, 1.54) is 26.4 Å². The highest BCUT2D eigenvalue weighted by molar-refractivity contribution is 7.93. The largest absolute Gasteiger partial charge is 0.493 e. The van der Waals surface area contributed by atoms with Crippen LogP contribution in [0.2, 0.25) is 0 Å². The average molecular weight is 318 g/mol. The summed E-state index contributed by atoms with van der Waals surface area (Å²) < 4.78 is 40.6. The van der Waals surface area contributed by atoms with Crippen molar-refractivity contribution < 1.29 is 27.4 Å². The lowest BCUT2D eigenvalue weighted by Crippen LogP contribution is -2.24. The molecule has 9 heteroatoms. The number of ether oxygens (including phenoxy) is 3. The summed E-state index contributed by atoms with van der Waals surface area (Å²) in [6.45, 7) is 1.69. The summed E-state index contributed by atoms with van der Waals surface area (Å²) in [6.07, 6.45) is 0. The molecule has 0 unspecified atom stereocenters. The smallest absolute Gasteiger partial charge is 0.323 e. The molecule has 1 aromatic rings. The van der Waals surface area contributed by atoms with Crippen molar-refractivity contribution in [2.45, 2.75) is 6.92 Å². The van der Waals surface area contributed by atoms with Crippen LogP contribution in [0.4, 0.5) is 11.4 Å². The third-order valence-corrected chi connectivity index (χ3v) is 3.58. The van der Waals surface area contributed by atoms with E-state index < -0.39 is 21.7 Å². The number of anilines is 2. The topological polar surface area (TPSA) is 117 Å². The Balaban J connectivity index is 2.99. The number of carbonyl (C=O) groups excluding carboxylic acids is 1. The molecule has 0 spiro atoms. The SMILES string of the molecule is CCOC(=O)CS(=O)(=O)Nc1cc(OC)c(OC)cc1N. The zero-order valence-electron chi connectivity index (χ0n) is 12.0. The molecule has 0 aliphatic carbocycles. The molecule has 0 saturated heterocycles. The van der Waals surface area contributed by atoms with Crippen LogP contribution in [0.5, 0.6) is 11.5 Å². The Morgan fingerprint density at radius 2 is 1.81 bits per heavy atom. The summed E-state index contributed by atoms with van der Waals surface area (Å²) >= 11 is 0. The molecule has 0 bridgehead atoms. The highest BCUT2D eigenvalue weighted by Gasteiger charge is 2.20. The van der Waals surface area contributed by atoms with Gasteiger partial charge in [0.2, 0.25) is 10.0 Å². The molecule has 0 radical (unpaired) electrons. The van der Waals surface area contributed by atoms with Gasteiger partial charge in [-0.3, -0.25) is 9.52 Å². The van der Waals surface area contributed by atoms with Gasteiger partial charge >= 0.3 is 5.97 Å². The lowest BCUT2D eigenvalue weighted by atomic mass is 10.2. The van der Waals surface area contributed by atoms with E-state index in [9.17, 15) is 13.2 Å². The van der Waals surface area contributed by atoms with Gasteiger partial charge in [0.05, 0.1) is 32.2 Å². The van der Waals surface area contributed by atoms with E-state index in [1.54, 1.807) is 6.92 Å². The van der Waals surface area contributed by atoms with Gasteiger partial charge in [0.15, 0.2) is 17.3 Å². The van der Waals surface area contributed by atoms with Crippen molar-refractivity contribution >= 4 is 27.4 Å². The van der Waals surface area contributed by atoms with Crippen molar-refractivity contribution in [3.8, 4) is 11.5 Å². The Morgan fingerprint density at radius 1 is 1.24 bits per heavy atom. The highest BCUT2D eigenvalue weighted by atomic mass is 32.2. The van der Waals surface area contributed by atoms with Crippen LogP contribution < -0.4 is 19.9 Å². The van der Waals surface area contributed by atoms with Crippen LogP contribution >= 0.6 is 0 Å². The monoisotopic (exact) mass is 318 g/mol. The number of carbonyl (C=O) groups is 1. The second-order valence-electron chi connectivity index (χ2n) is 3.96. The zero-order valence-corrected chi connectivity index (χ0v) is 12.8. The summed E-state index contributed by atoms with van der Waals surface area (Å²) in [5.74, 6) is -0.970. The Hall–Kier alpha value is -2.16. The number of hydrogen-bond acceptors (Lipinski definition) is 7. The van der Waals surface area contributed by atoms with Gasteiger partial charge < -0.3 is 19.9 Å². The van der Waals surface area contributed by atoms with Gasteiger partial charge in [-0.25, -0.2) is 8.42 Å². The summed E-state index contributed by atoms with van der Waals surface area (Å²) in [4.78, 5) is 11.2. The summed E-state index contributed by atoms with van der Waals surface area (Å²) in [5.41, 5.74) is 5.97. The lowest BCUT2D eigenvalue weighted by molar-refractivity contribution is -0.139. The number of nitrogen functional groups attached to an aromatic ring is 1. The second-order valence-corrected chi connectivity index (χ2v) is 5.68. The number of rotatable bonds is 7. The quantitative estimate of drug-likeness (QED) is 0.558. The Bertz CT molecular complexity index is 614. The minimum Gasteiger partial charge on any atom is -0.493 e. The van der Waals surface area contributed by atoms with Crippen LogP contribution in [0.25, 0.3) is 0 Å². The maximum absolute atomic E-state index is 11.9.